The highest BCUT2D eigenvalue weighted by molar-refractivity contribution is 9.10. The molecule has 0 aliphatic rings. The van der Waals surface area contributed by atoms with Gasteiger partial charge in [0, 0.05) is 10.0 Å². The fourth-order valence-corrected chi connectivity index (χ4v) is 1.59. The molecule has 0 aliphatic heterocycles. The number of halogens is 1. The van der Waals surface area contributed by atoms with Gasteiger partial charge >= 0.3 is 11.9 Å². The number of oxazole rings is 1. The Morgan fingerprint density at radius 3 is 2.17 bits per heavy atom. The molecule has 1 aromatic carbocycles. The number of carboxylic acid groups (broad SMARTS) is 2. The third-order valence-electron chi connectivity index (χ3n) is 2.12. The van der Waals surface area contributed by atoms with Crippen molar-refractivity contribution in [3.8, 4) is 11.5 Å². The predicted octanol–water partition coefficient (Wildman–Crippen LogP) is 2.50. The Balaban J connectivity index is 2.53. The van der Waals surface area contributed by atoms with Crippen LogP contribution in [0.1, 0.15) is 21.0 Å². The number of carboxylic acids is 2. The van der Waals surface area contributed by atoms with Crippen molar-refractivity contribution in [1.82, 2.24) is 4.98 Å². The number of carbonyl (C=O) groups is 2. The van der Waals surface area contributed by atoms with Crippen LogP contribution >= 0.6 is 15.9 Å². The van der Waals surface area contributed by atoms with Crippen LogP contribution in [-0.4, -0.2) is 27.1 Å². The number of hydrogen-bond acceptors (Lipinski definition) is 4. The van der Waals surface area contributed by atoms with Gasteiger partial charge in [-0.1, -0.05) is 15.9 Å². The Labute approximate surface area is 109 Å². The minimum atomic E-state index is -1.47. The van der Waals surface area contributed by atoms with Crippen molar-refractivity contribution >= 4 is 27.9 Å². The van der Waals surface area contributed by atoms with Gasteiger partial charge in [-0.25, -0.2) is 14.6 Å². The molecule has 6 nitrogen and oxygen atoms in total. The molecule has 18 heavy (non-hydrogen) atoms. The summed E-state index contributed by atoms with van der Waals surface area (Å²) >= 11 is 3.24. The highest BCUT2D eigenvalue weighted by atomic mass is 79.9. The Morgan fingerprint density at radius 1 is 1.11 bits per heavy atom. The first-order chi connectivity index (χ1) is 8.49. The standard InChI is InChI=1S/C11H6BrNO5/c12-6-3-1-5(2-4-6)9-13-7(10(14)15)8(18-9)11(16)17/h1-4H,(H,14,15)(H,16,17). The molecule has 0 spiro atoms. The number of hydrogen-bond donors (Lipinski definition) is 2. The zero-order valence-corrected chi connectivity index (χ0v) is 10.3. The zero-order valence-electron chi connectivity index (χ0n) is 8.75. The van der Waals surface area contributed by atoms with Crippen LogP contribution < -0.4 is 0 Å². The topological polar surface area (TPSA) is 101 Å². The van der Waals surface area contributed by atoms with E-state index in [1.807, 2.05) is 0 Å². The SMILES string of the molecule is O=C(O)c1nc(-c2ccc(Br)cc2)oc1C(=O)O. The molecule has 0 aliphatic carbocycles. The smallest absolute Gasteiger partial charge is 0.374 e. The highest BCUT2D eigenvalue weighted by Gasteiger charge is 2.25. The summed E-state index contributed by atoms with van der Waals surface area (Å²) in [6.07, 6.45) is 0. The molecule has 1 aromatic heterocycles. The van der Waals surface area contributed by atoms with Crippen molar-refractivity contribution in [2.24, 2.45) is 0 Å². The number of nitrogens with zero attached hydrogens (tertiary/aromatic N) is 1. The van der Waals surface area contributed by atoms with Gasteiger partial charge in [-0.15, -0.1) is 0 Å². The molecule has 2 aromatic rings. The second-order valence-corrected chi connectivity index (χ2v) is 4.23. The molecule has 0 amide bonds. The molecule has 0 unspecified atom stereocenters. The Hall–Kier alpha value is -2.15. The van der Waals surface area contributed by atoms with Crippen LogP contribution in [0.5, 0.6) is 0 Å². The molecule has 0 saturated heterocycles. The maximum atomic E-state index is 10.8. The van der Waals surface area contributed by atoms with E-state index >= 15 is 0 Å². The van der Waals surface area contributed by atoms with E-state index in [0.29, 0.717) is 5.56 Å². The second kappa shape index (κ2) is 4.61. The molecule has 0 fully saturated rings. The first-order valence-corrected chi connectivity index (χ1v) is 5.51. The molecule has 7 heteroatoms. The van der Waals surface area contributed by atoms with Crippen LogP contribution in [0.2, 0.25) is 0 Å². The van der Waals surface area contributed by atoms with Crippen LogP contribution in [0.25, 0.3) is 11.5 Å². The summed E-state index contributed by atoms with van der Waals surface area (Å²) in [5.41, 5.74) is -0.117. The molecule has 0 radical (unpaired) electrons. The normalized spacial score (nSPS) is 10.3. The summed E-state index contributed by atoms with van der Waals surface area (Å²) < 4.78 is 5.79. The molecule has 92 valence electrons. The summed E-state index contributed by atoms with van der Waals surface area (Å²) in [7, 11) is 0. The summed E-state index contributed by atoms with van der Waals surface area (Å²) in [6.45, 7) is 0. The number of aromatic nitrogens is 1. The predicted molar refractivity (Wildman–Crippen MR) is 63.6 cm³/mol. The number of benzene rings is 1. The van der Waals surface area contributed by atoms with E-state index < -0.39 is 23.4 Å². The number of rotatable bonds is 3. The van der Waals surface area contributed by atoms with Crippen LogP contribution in [0, 0.1) is 0 Å². The van der Waals surface area contributed by atoms with Crippen molar-refractivity contribution in [2.45, 2.75) is 0 Å². The molecular formula is C11H6BrNO5. The van der Waals surface area contributed by atoms with Gasteiger partial charge in [0.15, 0.2) is 0 Å². The fraction of sp³-hybridized carbons (Fsp3) is 0. The minimum absolute atomic E-state index is 0.0442. The van der Waals surface area contributed by atoms with Crippen molar-refractivity contribution in [1.29, 1.82) is 0 Å². The minimum Gasteiger partial charge on any atom is -0.476 e. The molecule has 0 atom stereocenters. The maximum Gasteiger partial charge on any atom is 0.374 e. The summed E-state index contributed by atoms with van der Waals surface area (Å²) in [5, 5.41) is 17.6. The first-order valence-electron chi connectivity index (χ1n) is 4.72. The molecule has 0 bridgehead atoms. The largest absolute Gasteiger partial charge is 0.476 e. The van der Waals surface area contributed by atoms with Crippen LogP contribution in [0.4, 0.5) is 0 Å². The van der Waals surface area contributed by atoms with Gasteiger partial charge in [-0.2, -0.15) is 0 Å². The van der Waals surface area contributed by atoms with E-state index in [-0.39, 0.29) is 5.89 Å². The van der Waals surface area contributed by atoms with E-state index in [0.717, 1.165) is 4.47 Å². The third kappa shape index (κ3) is 2.25. The van der Waals surface area contributed by atoms with Crippen molar-refractivity contribution < 1.29 is 24.2 Å². The third-order valence-corrected chi connectivity index (χ3v) is 2.64. The van der Waals surface area contributed by atoms with Gasteiger partial charge in [0.05, 0.1) is 0 Å². The van der Waals surface area contributed by atoms with Gasteiger partial charge in [-0.3, -0.25) is 0 Å². The van der Waals surface area contributed by atoms with Gasteiger partial charge in [0.25, 0.3) is 0 Å². The van der Waals surface area contributed by atoms with Crippen LogP contribution in [0.3, 0.4) is 0 Å². The lowest BCUT2D eigenvalue weighted by Crippen LogP contribution is -2.05. The second-order valence-electron chi connectivity index (χ2n) is 3.31. The highest BCUT2D eigenvalue weighted by Crippen LogP contribution is 2.23. The van der Waals surface area contributed by atoms with Crippen molar-refractivity contribution in [3.63, 3.8) is 0 Å². The van der Waals surface area contributed by atoms with E-state index in [9.17, 15) is 9.59 Å². The van der Waals surface area contributed by atoms with Gasteiger partial charge < -0.3 is 14.6 Å². The Bertz CT molecular complexity index is 585. The van der Waals surface area contributed by atoms with Crippen LogP contribution in [0.15, 0.2) is 33.2 Å². The average molecular weight is 312 g/mol. The van der Waals surface area contributed by atoms with E-state index in [2.05, 4.69) is 20.9 Å². The van der Waals surface area contributed by atoms with Gasteiger partial charge in [0.1, 0.15) is 0 Å². The van der Waals surface area contributed by atoms with Crippen LogP contribution in [-0.2, 0) is 0 Å². The fourth-order valence-electron chi connectivity index (χ4n) is 1.33. The molecule has 0 saturated carbocycles. The first kappa shape index (κ1) is 12.3. The lowest BCUT2D eigenvalue weighted by molar-refractivity contribution is 0.0624. The van der Waals surface area contributed by atoms with Gasteiger partial charge in [-0.05, 0) is 24.3 Å². The average Bonchev–Trinajstić information content (AvgIpc) is 2.75. The van der Waals surface area contributed by atoms with E-state index in [1.165, 1.54) is 0 Å². The number of aromatic carboxylic acids is 2. The van der Waals surface area contributed by atoms with Crippen molar-refractivity contribution in [2.75, 3.05) is 0 Å². The van der Waals surface area contributed by atoms with E-state index in [1.54, 1.807) is 24.3 Å². The zero-order chi connectivity index (χ0) is 13.3. The maximum absolute atomic E-state index is 10.8. The van der Waals surface area contributed by atoms with E-state index in [4.69, 9.17) is 14.6 Å². The molecular weight excluding hydrogens is 306 g/mol. The summed E-state index contributed by atoms with van der Waals surface area (Å²) in [6, 6.07) is 6.68. The monoisotopic (exact) mass is 311 g/mol. The molecule has 2 N–H and O–H groups in total. The Kier molecular flexibility index (Phi) is 3.15. The van der Waals surface area contributed by atoms with Gasteiger partial charge in [0.2, 0.25) is 17.3 Å². The Morgan fingerprint density at radius 2 is 1.72 bits per heavy atom. The lowest BCUT2D eigenvalue weighted by atomic mass is 10.2. The summed E-state index contributed by atoms with van der Waals surface area (Å²) in [5.74, 6) is -3.64. The lowest BCUT2D eigenvalue weighted by Gasteiger charge is -1.94. The quantitative estimate of drug-likeness (QED) is 0.903. The molecule has 2 rings (SSSR count). The summed E-state index contributed by atoms with van der Waals surface area (Å²) in [4.78, 5) is 25.3. The van der Waals surface area contributed by atoms with Crippen molar-refractivity contribution in [3.05, 3.63) is 40.2 Å². The molecule has 1 heterocycles.